The first kappa shape index (κ1) is 15.2. The van der Waals surface area contributed by atoms with E-state index >= 15 is 0 Å². The van der Waals surface area contributed by atoms with Gasteiger partial charge in [-0.2, -0.15) is 0 Å². The summed E-state index contributed by atoms with van der Waals surface area (Å²) in [6.07, 6.45) is -0.212. The van der Waals surface area contributed by atoms with Crippen molar-refractivity contribution in [3.63, 3.8) is 0 Å². The van der Waals surface area contributed by atoms with Gasteiger partial charge in [-0.25, -0.2) is 4.98 Å². The number of benzene rings is 1. The minimum absolute atomic E-state index is 0.144. The molecule has 1 aromatic heterocycles. The number of hydrogen-bond acceptors (Lipinski definition) is 6. The summed E-state index contributed by atoms with van der Waals surface area (Å²) >= 11 is 1.19. The predicted molar refractivity (Wildman–Crippen MR) is 78.8 cm³/mol. The fourth-order valence-electron chi connectivity index (χ4n) is 1.61. The van der Waals surface area contributed by atoms with Gasteiger partial charge in [-0.05, 0) is 6.92 Å². The van der Waals surface area contributed by atoms with Gasteiger partial charge < -0.3 is 4.74 Å². The number of ether oxygens (including phenoxy) is 1. The van der Waals surface area contributed by atoms with Gasteiger partial charge in [0.2, 0.25) is 5.16 Å². The lowest BCUT2D eigenvalue weighted by Gasteiger charge is -1.99. The van der Waals surface area contributed by atoms with E-state index in [-0.39, 0.29) is 24.6 Å². The number of nitrogens with one attached hydrogen (secondary N) is 1. The van der Waals surface area contributed by atoms with E-state index in [0.717, 1.165) is 5.56 Å². The molecule has 0 amide bonds. The lowest BCUT2D eigenvalue weighted by Crippen LogP contribution is -2.12. The standard InChI is InChI=1S/C14H15N3O3S/c1-2-20-12(19)8-11(18)9-21-14-15-13(16-17-14)10-6-4-3-5-7-10/h3-7H,2,8-9H2,1H3,(H,15,16,17). The molecule has 2 aromatic rings. The van der Waals surface area contributed by atoms with E-state index in [1.807, 2.05) is 30.3 Å². The first-order valence-corrected chi connectivity index (χ1v) is 7.45. The maximum atomic E-state index is 11.6. The number of ketones is 1. The molecule has 2 rings (SSSR count). The number of nitrogens with zero attached hydrogens (tertiary/aromatic N) is 2. The van der Waals surface area contributed by atoms with Crippen LogP contribution in [-0.2, 0) is 14.3 Å². The third-order valence-corrected chi connectivity index (χ3v) is 3.43. The molecule has 6 nitrogen and oxygen atoms in total. The number of thioether (sulfide) groups is 1. The largest absolute Gasteiger partial charge is 0.466 e. The van der Waals surface area contributed by atoms with Crippen molar-refractivity contribution in [1.29, 1.82) is 0 Å². The molecule has 1 aromatic carbocycles. The van der Waals surface area contributed by atoms with Crippen LogP contribution in [0.4, 0.5) is 0 Å². The molecule has 0 unspecified atom stereocenters. The van der Waals surface area contributed by atoms with E-state index in [2.05, 4.69) is 15.2 Å². The van der Waals surface area contributed by atoms with E-state index in [9.17, 15) is 9.59 Å². The topological polar surface area (TPSA) is 84.9 Å². The Labute approximate surface area is 126 Å². The van der Waals surface area contributed by atoms with Crippen LogP contribution in [0, 0.1) is 0 Å². The number of rotatable bonds is 7. The smallest absolute Gasteiger partial charge is 0.313 e. The second kappa shape index (κ2) is 7.58. The van der Waals surface area contributed by atoms with Gasteiger partial charge in [-0.15, -0.1) is 5.10 Å². The molecule has 0 fully saturated rings. The van der Waals surface area contributed by atoms with Crippen molar-refractivity contribution in [2.45, 2.75) is 18.5 Å². The fraction of sp³-hybridized carbons (Fsp3) is 0.286. The molecule has 21 heavy (non-hydrogen) atoms. The van der Waals surface area contributed by atoms with Crippen LogP contribution in [0.1, 0.15) is 13.3 Å². The Hall–Kier alpha value is -2.15. The normalized spacial score (nSPS) is 10.3. The second-order valence-electron chi connectivity index (χ2n) is 4.14. The van der Waals surface area contributed by atoms with E-state index in [4.69, 9.17) is 4.74 Å². The Bertz CT molecular complexity index is 613. The summed E-state index contributed by atoms with van der Waals surface area (Å²) < 4.78 is 4.72. The molecule has 0 aliphatic heterocycles. The zero-order chi connectivity index (χ0) is 15.1. The Kier molecular flexibility index (Phi) is 5.51. The molecule has 0 radical (unpaired) electrons. The van der Waals surface area contributed by atoms with Gasteiger partial charge in [0.15, 0.2) is 11.6 Å². The number of aromatic amines is 1. The monoisotopic (exact) mass is 305 g/mol. The molecule has 0 aliphatic carbocycles. The van der Waals surface area contributed by atoms with Crippen LogP contribution in [0.25, 0.3) is 11.4 Å². The van der Waals surface area contributed by atoms with Gasteiger partial charge in [0.25, 0.3) is 0 Å². The predicted octanol–water partition coefficient (Wildman–Crippen LogP) is 2.09. The average molecular weight is 305 g/mol. The van der Waals surface area contributed by atoms with Crippen molar-refractivity contribution in [1.82, 2.24) is 15.2 Å². The van der Waals surface area contributed by atoms with Crippen molar-refractivity contribution >= 4 is 23.5 Å². The molecule has 1 heterocycles. The number of Topliss-reactive ketones (excluding diaryl/α,β-unsaturated/α-hetero) is 1. The van der Waals surface area contributed by atoms with E-state index in [1.54, 1.807) is 6.92 Å². The molecule has 1 N–H and O–H groups in total. The molecular weight excluding hydrogens is 290 g/mol. The van der Waals surface area contributed by atoms with Crippen LogP contribution in [-0.4, -0.2) is 39.3 Å². The van der Waals surface area contributed by atoms with Crippen molar-refractivity contribution in [2.24, 2.45) is 0 Å². The summed E-state index contributed by atoms with van der Waals surface area (Å²) in [6, 6.07) is 9.58. The molecule has 7 heteroatoms. The number of hydrogen-bond donors (Lipinski definition) is 1. The van der Waals surface area contributed by atoms with Gasteiger partial charge in [0, 0.05) is 5.56 Å². The Morgan fingerprint density at radius 1 is 1.29 bits per heavy atom. The maximum absolute atomic E-state index is 11.6. The molecule has 0 aliphatic rings. The van der Waals surface area contributed by atoms with Gasteiger partial charge in [-0.1, -0.05) is 42.1 Å². The fourth-order valence-corrected chi connectivity index (χ4v) is 2.26. The van der Waals surface area contributed by atoms with Crippen molar-refractivity contribution < 1.29 is 14.3 Å². The van der Waals surface area contributed by atoms with Crippen LogP contribution in [0.3, 0.4) is 0 Å². The summed E-state index contributed by atoms with van der Waals surface area (Å²) in [5, 5.41) is 7.34. The summed E-state index contributed by atoms with van der Waals surface area (Å²) in [4.78, 5) is 27.1. The Morgan fingerprint density at radius 3 is 2.76 bits per heavy atom. The molecule has 0 saturated carbocycles. The zero-order valence-electron chi connectivity index (χ0n) is 11.5. The highest BCUT2D eigenvalue weighted by Gasteiger charge is 2.12. The molecule has 0 spiro atoms. The summed E-state index contributed by atoms with van der Waals surface area (Å²) in [5.41, 5.74) is 0.926. The number of carbonyl (C=O) groups excluding carboxylic acids is 2. The lowest BCUT2D eigenvalue weighted by atomic mass is 10.2. The van der Waals surface area contributed by atoms with Crippen LogP contribution >= 0.6 is 11.8 Å². The number of carbonyl (C=O) groups is 2. The van der Waals surface area contributed by atoms with Crippen molar-refractivity contribution in [3.8, 4) is 11.4 Å². The highest BCUT2D eigenvalue weighted by atomic mass is 32.2. The SMILES string of the molecule is CCOC(=O)CC(=O)CSc1n[nH]c(-c2ccccc2)n1. The molecule has 0 atom stereocenters. The van der Waals surface area contributed by atoms with Crippen LogP contribution in [0.5, 0.6) is 0 Å². The first-order chi connectivity index (χ1) is 10.2. The van der Waals surface area contributed by atoms with Crippen molar-refractivity contribution in [2.75, 3.05) is 12.4 Å². The zero-order valence-corrected chi connectivity index (χ0v) is 12.4. The van der Waals surface area contributed by atoms with Gasteiger partial charge in [0.05, 0.1) is 12.4 Å². The summed E-state index contributed by atoms with van der Waals surface area (Å²) in [6.45, 7) is 1.98. The highest BCUT2D eigenvalue weighted by Crippen LogP contribution is 2.19. The number of esters is 1. The molecular formula is C14H15N3O3S. The highest BCUT2D eigenvalue weighted by molar-refractivity contribution is 7.99. The van der Waals surface area contributed by atoms with E-state index in [1.165, 1.54) is 11.8 Å². The summed E-state index contributed by atoms with van der Waals surface area (Å²) in [7, 11) is 0. The quantitative estimate of drug-likeness (QED) is 0.479. The van der Waals surface area contributed by atoms with Crippen LogP contribution in [0.2, 0.25) is 0 Å². The Morgan fingerprint density at radius 2 is 2.05 bits per heavy atom. The maximum Gasteiger partial charge on any atom is 0.313 e. The minimum atomic E-state index is -0.497. The minimum Gasteiger partial charge on any atom is -0.466 e. The van der Waals surface area contributed by atoms with Crippen LogP contribution in [0.15, 0.2) is 35.5 Å². The lowest BCUT2D eigenvalue weighted by molar-refractivity contribution is -0.145. The number of aromatic nitrogens is 3. The van der Waals surface area contributed by atoms with Crippen molar-refractivity contribution in [3.05, 3.63) is 30.3 Å². The van der Waals surface area contributed by atoms with Gasteiger partial charge >= 0.3 is 5.97 Å². The van der Waals surface area contributed by atoms with Gasteiger partial charge in [0.1, 0.15) is 6.42 Å². The first-order valence-electron chi connectivity index (χ1n) is 6.47. The average Bonchev–Trinajstić information content (AvgIpc) is 2.95. The number of H-pyrrole nitrogens is 1. The van der Waals surface area contributed by atoms with Crippen LogP contribution < -0.4 is 0 Å². The molecule has 0 saturated heterocycles. The second-order valence-corrected chi connectivity index (χ2v) is 5.08. The van der Waals surface area contributed by atoms with Gasteiger partial charge in [-0.3, -0.25) is 14.7 Å². The molecule has 0 bridgehead atoms. The Balaban J connectivity index is 1.86. The summed E-state index contributed by atoms with van der Waals surface area (Å²) in [5.74, 6) is 0.0914. The van der Waals surface area contributed by atoms with E-state index < -0.39 is 5.97 Å². The third kappa shape index (κ3) is 4.71. The molecule has 110 valence electrons. The van der Waals surface area contributed by atoms with E-state index in [0.29, 0.717) is 11.0 Å². The third-order valence-electron chi connectivity index (χ3n) is 2.52.